The van der Waals surface area contributed by atoms with Crippen LogP contribution in [0.2, 0.25) is 0 Å². The lowest BCUT2D eigenvalue weighted by Crippen LogP contribution is -2.21. The summed E-state index contributed by atoms with van der Waals surface area (Å²) in [6.07, 6.45) is 13.6. The van der Waals surface area contributed by atoms with E-state index in [-0.39, 0.29) is 5.91 Å². The van der Waals surface area contributed by atoms with Gasteiger partial charge in [-0.1, -0.05) is 45.4 Å². The maximum atomic E-state index is 11.5. The van der Waals surface area contributed by atoms with Crippen LogP contribution in [0.15, 0.2) is 28.9 Å². The van der Waals surface area contributed by atoms with Crippen molar-refractivity contribution in [1.82, 2.24) is 5.32 Å². The molecule has 1 aromatic rings. The highest BCUT2D eigenvalue weighted by molar-refractivity contribution is 5.91. The molecular formula is C16H25NO2. The molecule has 0 fully saturated rings. The van der Waals surface area contributed by atoms with E-state index in [0.29, 0.717) is 5.76 Å². The van der Waals surface area contributed by atoms with E-state index in [0.717, 1.165) is 13.0 Å². The summed E-state index contributed by atoms with van der Waals surface area (Å²) in [6, 6.07) is 3.62. The topological polar surface area (TPSA) is 42.2 Å². The van der Waals surface area contributed by atoms with Crippen molar-refractivity contribution >= 4 is 12.0 Å². The average molecular weight is 263 g/mol. The van der Waals surface area contributed by atoms with Crippen LogP contribution in [0.1, 0.15) is 57.6 Å². The van der Waals surface area contributed by atoms with Crippen LogP contribution < -0.4 is 5.32 Å². The van der Waals surface area contributed by atoms with Crippen LogP contribution in [0, 0.1) is 0 Å². The second kappa shape index (κ2) is 10.4. The Balaban J connectivity index is 1.96. The van der Waals surface area contributed by atoms with Crippen molar-refractivity contribution in [3.63, 3.8) is 0 Å². The van der Waals surface area contributed by atoms with Crippen molar-refractivity contribution in [2.24, 2.45) is 0 Å². The maximum absolute atomic E-state index is 11.5. The van der Waals surface area contributed by atoms with Gasteiger partial charge in [0.15, 0.2) is 0 Å². The molecule has 3 heteroatoms. The van der Waals surface area contributed by atoms with Crippen LogP contribution >= 0.6 is 0 Å². The number of hydrogen-bond donors (Lipinski definition) is 1. The molecule has 0 bridgehead atoms. The molecule has 0 aliphatic heterocycles. The lowest BCUT2D eigenvalue weighted by Gasteiger charge is -2.02. The molecule has 0 spiro atoms. The van der Waals surface area contributed by atoms with Gasteiger partial charge in [0.05, 0.1) is 6.26 Å². The minimum atomic E-state index is -0.0533. The Kier molecular flexibility index (Phi) is 8.52. The summed E-state index contributed by atoms with van der Waals surface area (Å²) in [5, 5.41) is 2.88. The first kappa shape index (κ1) is 15.5. The molecule has 1 amide bonds. The molecule has 0 atom stereocenters. The van der Waals surface area contributed by atoms with Crippen molar-refractivity contribution in [1.29, 1.82) is 0 Å². The van der Waals surface area contributed by atoms with E-state index < -0.39 is 0 Å². The molecule has 1 rings (SSSR count). The summed E-state index contributed by atoms with van der Waals surface area (Å²) in [7, 11) is 0. The highest BCUT2D eigenvalue weighted by Gasteiger charge is 1.96. The normalized spacial score (nSPS) is 11.0. The fourth-order valence-electron chi connectivity index (χ4n) is 1.90. The number of nitrogens with one attached hydrogen (secondary N) is 1. The number of amides is 1. The lowest BCUT2D eigenvalue weighted by atomic mass is 10.1. The van der Waals surface area contributed by atoms with E-state index in [2.05, 4.69) is 12.2 Å². The molecule has 106 valence electrons. The molecule has 0 saturated heterocycles. The lowest BCUT2D eigenvalue weighted by molar-refractivity contribution is -0.116. The second-order valence-electron chi connectivity index (χ2n) is 4.76. The van der Waals surface area contributed by atoms with Crippen LogP contribution in [0.3, 0.4) is 0 Å². The van der Waals surface area contributed by atoms with Crippen molar-refractivity contribution in [3.05, 3.63) is 30.2 Å². The Morgan fingerprint density at radius 1 is 1.21 bits per heavy atom. The van der Waals surface area contributed by atoms with Gasteiger partial charge in [0.1, 0.15) is 5.76 Å². The Bertz CT molecular complexity index is 355. The van der Waals surface area contributed by atoms with Gasteiger partial charge in [-0.2, -0.15) is 0 Å². The van der Waals surface area contributed by atoms with Crippen molar-refractivity contribution < 1.29 is 9.21 Å². The molecule has 0 aliphatic carbocycles. The van der Waals surface area contributed by atoms with Gasteiger partial charge in [-0.25, -0.2) is 0 Å². The molecule has 1 heterocycles. The quantitative estimate of drug-likeness (QED) is 0.509. The van der Waals surface area contributed by atoms with E-state index in [1.807, 2.05) is 6.07 Å². The SMILES string of the molecule is CCCCCCCCCNC(=O)/C=C/c1ccco1. The Labute approximate surface area is 116 Å². The minimum Gasteiger partial charge on any atom is -0.465 e. The maximum Gasteiger partial charge on any atom is 0.244 e. The molecule has 0 unspecified atom stereocenters. The van der Waals surface area contributed by atoms with Crippen LogP contribution in [0.25, 0.3) is 6.08 Å². The summed E-state index contributed by atoms with van der Waals surface area (Å²) in [5.41, 5.74) is 0. The highest BCUT2D eigenvalue weighted by atomic mass is 16.3. The van der Waals surface area contributed by atoms with Gasteiger partial charge >= 0.3 is 0 Å². The van der Waals surface area contributed by atoms with Gasteiger partial charge in [-0.3, -0.25) is 4.79 Å². The molecule has 0 aliphatic rings. The monoisotopic (exact) mass is 263 g/mol. The molecule has 1 N–H and O–H groups in total. The van der Waals surface area contributed by atoms with E-state index in [1.54, 1.807) is 18.4 Å². The van der Waals surface area contributed by atoms with Gasteiger partial charge in [0.2, 0.25) is 5.91 Å². The number of carbonyl (C=O) groups excluding carboxylic acids is 1. The zero-order chi connectivity index (χ0) is 13.8. The summed E-state index contributed by atoms with van der Waals surface area (Å²) >= 11 is 0. The van der Waals surface area contributed by atoms with E-state index in [9.17, 15) is 4.79 Å². The predicted octanol–water partition coefficient (Wildman–Crippen LogP) is 4.16. The highest BCUT2D eigenvalue weighted by Crippen LogP contribution is 2.06. The molecule has 0 saturated carbocycles. The van der Waals surface area contributed by atoms with Crippen LogP contribution in [0.5, 0.6) is 0 Å². The van der Waals surface area contributed by atoms with E-state index >= 15 is 0 Å². The van der Waals surface area contributed by atoms with Crippen molar-refractivity contribution in [2.75, 3.05) is 6.54 Å². The van der Waals surface area contributed by atoms with Gasteiger partial charge < -0.3 is 9.73 Å². The van der Waals surface area contributed by atoms with E-state index in [1.165, 1.54) is 44.6 Å². The number of unbranched alkanes of at least 4 members (excludes halogenated alkanes) is 6. The predicted molar refractivity (Wildman–Crippen MR) is 78.7 cm³/mol. The number of carbonyl (C=O) groups is 1. The third-order valence-electron chi connectivity index (χ3n) is 3.02. The minimum absolute atomic E-state index is 0.0533. The largest absolute Gasteiger partial charge is 0.465 e. The molecule has 3 nitrogen and oxygen atoms in total. The first-order valence-electron chi connectivity index (χ1n) is 7.32. The average Bonchev–Trinajstić information content (AvgIpc) is 2.93. The van der Waals surface area contributed by atoms with Gasteiger partial charge in [0.25, 0.3) is 0 Å². The van der Waals surface area contributed by atoms with Gasteiger partial charge in [-0.05, 0) is 24.6 Å². The fourth-order valence-corrected chi connectivity index (χ4v) is 1.90. The molecule has 0 radical (unpaired) electrons. The summed E-state index contributed by atoms with van der Waals surface area (Å²) in [5.74, 6) is 0.647. The Morgan fingerprint density at radius 2 is 1.95 bits per heavy atom. The molecular weight excluding hydrogens is 238 g/mol. The summed E-state index contributed by atoms with van der Waals surface area (Å²) in [6.45, 7) is 2.99. The van der Waals surface area contributed by atoms with Gasteiger partial charge in [0, 0.05) is 12.6 Å². The number of furan rings is 1. The third kappa shape index (κ3) is 8.25. The molecule has 0 aromatic carbocycles. The zero-order valence-electron chi connectivity index (χ0n) is 11.9. The van der Waals surface area contributed by atoms with Crippen LogP contribution in [-0.2, 0) is 4.79 Å². The van der Waals surface area contributed by atoms with Crippen molar-refractivity contribution in [3.8, 4) is 0 Å². The molecule has 19 heavy (non-hydrogen) atoms. The summed E-state index contributed by atoms with van der Waals surface area (Å²) < 4.78 is 5.11. The number of hydrogen-bond acceptors (Lipinski definition) is 2. The third-order valence-corrected chi connectivity index (χ3v) is 3.02. The first-order valence-corrected chi connectivity index (χ1v) is 7.32. The molecule has 1 aromatic heterocycles. The Morgan fingerprint density at radius 3 is 2.63 bits per heavy atom. The summed E-state index contributed by atoms with van der Waals surface area (Å²) in [4.78, 5) is 11.5. The number of rotatable bonds is 10. The van der Waals surface area contributed by atoms with E-state index in [4.69, 9.17) is 4.42 Å². The zero-order valence-corrected chi connectivity index (χ0v) is 11.9. The standard InChI is InChI=1S/C16H25NO2/c1-2-3-4-5-6-7-8-13-17-16(18)12-11-15-10-9-14-19-15/h9-12,14H,2-8,13H2,1H3,(H,17,18)/b12-11+. The first-order chi connectivity index (χ1) is 9.33. The second-order valence-corrected chi connectivity index (χ2v) is 4.76. The fraction of sp³-hybridized carbons (Fsp3) is 0.562. The van der Waals surface area contributed by atoms with Gasteiger partial charge in [-0.15, -0.1) is 0 Å². The van der Waals surface area contributed by atoms with Crippen molar-refractivity contribution in [2.45, 2.75) is 51.9 Å². The van der Waals surface area contributed by atoms with Crippen LogP contribution in [-0.4, -0.2) is 12.5 Å². The smallest absolute Gasteiger partial charge is 0.244 e. The Hall–Kier alpha value is -1.51. The van der Waals surface area contributed by atoms with Crippen LogP contribution in [0.4, 0.5) is 0 Å².